The standard InChI is InChI=1S/C35H58FN3O8.C8H7FO2.C2H6/c1-22(20-40)11-16-30(47-33-31(41)29(39(7)8)19-23(2)46-33)35(6,45-10)18-17-28(24(3)32(42)34(5,43)21-44-9)38-37-25(4)26-12-14-27(36)15-13-26;9-7-3-1-6(2-4-7)5-8(10)11;1-2/h12-15,20,22-24,29-33,41-43H,11,16-19,21H2,1-10H3;1-4H,5H2,(H,10,11);1-2H3/b37-25+,38-28+;;/t22?,23?,24?,29?,30-,31?,32?,33?,34?,35-;;/m1../s1. The van der Waals surface area contributed by atoms with Gasteiger partial charge in [-0.3, -0.25) is 4.79 Å². The highest BCUT2D eigenvalue weighted by molar-refractivity contribution is 5.99. The Morgan fingerprint density at radius 1 is 1.02 bits per heavy atom. The summed E-state index contributed by atoms with van der Waals surface area (Å²) in [5.41, 5.74) is -0.187. The minimum Gasteiger partial charge on any atom is -0.481 e. The molecular weight excluding hydrogens is 781 g/mol. The third kappa shape index (κ3) is 17.8. The molecule has 2 aromatic rings. The van der Waals surface area contributed by atoms with E-state index in [2.05, 4.69) is 10.2 Å². The van der Waals surface area contributed by atoms with Gasteiger partial charge in [0, 0.05) is 37.8 Å². The zero-order chi connectivity index (χ0) is 45.8. The number of aliphatic hydroxyl groups excluding tert-OH is 2. The molecule has 0 radical (unpaired) electrons. The number of likely N-dealkylation sites (N-methyl/N-ethyl adjacent to an activating group) is 1. The lowest BCUT2D eigenvalue weighted by molar-refractivity contribution is -0.290. The van der Waals surface area contributed by atoms with Gasteiger partial charge < -0.3 is 49.1 Å². The molecule has 1 aliphatic heterocycles. The second-order valence-corrected chi connectivity index (χ2v) is 15.9. The van der Waals surface area contributed by atoms with Crippen molar-refractivity contribution in [1.29, 1.82) is 0 Å². The smallest absolute Gasteiger partial charge is 0.307 e. The van der Waals surface area contributed by atoms with Crippen LogP contribution in [-0.4, -0.2) is 132 Å². The molecule has 1 aliphatic rings. The van der Waals surface area contributed by atoms with Gasteiger partial charge in [0.2, 0.25) is 0 Å². The van der Waals surface area contributed by atoms with E-state index in [1.165, 1.54) is 50.4 Å². The van der Waals surface area contributed by atoms with Crippen molar-refractivity contribution in [1.82, 2.24) is 4.90 Å². The lowest BCUT2D eigenvalue weighted by Gasteiger charge is -2.45. The summed E-state index contributed by atoms with van der Waals surface area (Å²) >= 11 is 0. The number of carboxylic acid groups (broad SMARTS) is 1. The van der Waals surface area contributed by atoms with Crippen molar-refractivity contribution in [2.24, 2.45) is 22.0 Å². The van der Waals surface area contributed by atoms with E-state index in [9.17, 15) is 33.7 Å². The Balaban J connectivity index is 0.00000118. The maximum absolute atomic E-state index is 13.5. The van der Waals surface area contributed by atoms with Crippen molar-refractivity contribution in [3.05, 3.63) is 71.3 Å². The molecule has 8 unspecified atom stereocenters. The van der Waals surface area contributed by atoms with E-state index in [0.717, 1.165) is 6.29 Å². The van der Waals surface area contributed by atoms with Gasteiger partial charge in [0.05, 0.1) is 42.7 Å². The van der Waals surface area contributed by atoms with Gasteiger partial charge in [0.25, 0.3) is 0 Å². The first kappa shape index (κ1) is 54.5. The number of carbonyl (C=O) groups excluding carboxylic acids is 1. The van der Waals surface area contributed by atoms with Crippen molar-refractivity contribution < 1.29 is 57.7 Å². The number of rotatable bonds is 21. The van der Waals surface area contributed by atoms with Crippen LogP contribution in [-0.2, 0) is 35.0 Å². The largest absolute Gasteiger partial charge is 0.481 e. The fourth-order valence-electron chi connectivity index (χ4n) is 6.72. The van der Waals surface area contributed by atoms with Gasteiger partial charge in [-0.1, -0.05) is 52.0 Å². The SMILES string of the molecule is CC.COCC(C)(O)C(O)C(C)/C(CC[C@@](C)(OC)[C@@H](CCC(C)C=O)OC1OC(C)CC(N(C)C)C1O)=N/N=C(\C)c1ccc(F)cc1.O=C(O)Cc1ccc(F)cc1. The molecule has 10 atom stereocenters. The number of benzene rings is 2. The summed E-state index contributed by atoms with van der Waals surface area (Å²) in [6.45, 7) is 14.6. The van der Waals surface area contributed by atoms with Crippen LogP contribution in [0.2, 0.25) is 0 Å². The van der Waals surface area contributed by atoms with Gasteiger partial charge in [-0.05, 0) is 109 Å². The molecule has 0 aromatic heterocycles. The minimum atomic E-state index is -1.57. The van der Waals surface area contributed by atoms with Crippen LogP contribution in [0.25, 0.3) is 0 Å². The van der Waals surface area contributed by atoms with E-state index in [1.54, 1.807) is 33.1 Å². The third-order valence-corrected chi connectivity index (χ3v) is 10.6. The van der Waals surface area contributed by atoms with E-state index >= 15 is 0 Å². The lowest BCUT2D eigenvalue weighted by atomic mass is 9.82. The maximum atomic E-state index is 13.5. The predicted molar refractivity (Wildman–Crippen MR) is 229 cm³/mol. The van der Waals surface area contributed by atoms with E-state index in [1.807, 2.05) is 53.6 Å². The van der Waals surface area contributed by atoms with Crippen molar-refractivity contribution in [2.75, 3.05) is 34.9 Å². The number of aldehydes is 1. The molecule has 0 bridgehead atoms. The summed E-state index contributed by atoms with van der Waals surface area (Å²) in [6.07, 6.45) is -0.699. The zero-order valence-corrected chi connectivity index (χ0v) is 37.6. The highest BCUT2D eigenvalue weighted by Crippen LogP contribution is 2.34. The molecule has 13 nitrogen and oxygen atoms in total. The zero-order valence-electron chi connectivity index (χ0n) is 37.6. The molecule has 2 aromatic carbocycles. The first-order valence-corrected chi connectivity index (χ1v) is 20.6. The van der Waals surface area contributed by atoms with Crippen molar-refractivity contribution in [2.45, 2.75) is 142 Å². The fraction of sp³-hybridized carbons (Fsp3) is 0.644. The average Bonchev–Trinajstić information content (AvgIpc) is 3.21. The second-order valence-electron chi connectivity index (χ2n) is 15.9. The number of carboxylic acids is 1. The number of carbonyl (C=O) groups is 2. The number of hydrogen-bond donors (Lipinski definition) is 4. The molecule has 0 spiro atoms. The van der Waals surface area contributed by atoms with Crippen LogP contribution in [0, 0.1) is 23.5 Å². The number of methoxy groups -OCH3 is 2. The molecule has 0 aliphatic carbocycles. The molecule has 4 N–H and O–H groups in total. The monoisotopic (exact) mass is 852 g/mol. The van der Waals surface area contributed by atoms with E-state index in [0.29, 0.717) is 54.7 Å². The summed E-state index contributed by atoms with van der Waals surface area (Å²) < 4.78 is 49.7. The molecule has 1 heterocycles. The molecule has 0 saturated carbocycles. The number of halogens is 2. The number of hydrogen-bond acceptors (Lipinski definition) is 12. The first-order chi connectivity index (χ1) is 28.2. The predicted octanol–water partition coefficient (Wildman–Crippen LogP) is 6.48. The number of ether oxygens (including phenoxy) is 4. The first-order valence-electron chi connectivity index (χ1n) is 20.6. The van der Waals surface area contributed by atoms with Gasteiger partial charge in [0.1, 0.15) is 29.6 Å². The summed E-state index contributed by atoms with van der Waals surface area (Å²) in [5.74, 6) is -2.48. The van der Waals surface area contributed by atoms with E-state index in [4.69, 9.17) is 24.1 Å². The highest BCUT2D eigenvalue weighted by Gasteiger charge is 2.44. The topological polar surface area (TPSA) is 180 Å². The van der Waals surface area contributed by atoms with Crippen LogP contribution in [0.1, 0.15) is 98.6 Å². The van der Waals surface area contributed by atoms with Crippen LogP contribution in [0.3, 0.4) is 0 Å². The summed E-state index contributed by atoms with van der Waals surface area (Å²) in [5, 5.41) is 50.7. The van der Waals surface area contributed by atoms with Crippen molar-refractivity contribution in [3.8, 4) is 0 Å². The Hall–Kier alpha value is -3.54. The average molecular weight is 852 g/mol. The van der Waals surface area contributed by atoms with Crippen LogP contribution in [0.5, 0.6) is 0 Å². The van der Waals surface area contributed by atoms with Crippen LogP contribution < -0.4 is 0 Å². The van der Waals surface area contributed by atoms with Gasteiger partial charge >= 0.3 is 5.97 Å². The molecule has 15 heteroatoms. The Bertz CT molecular complexity index is 1610. The number of aliphatic carboxylic acids is 1. The number of nitrogens with zero attached hydrogens (tertiary/aromatic N) is 3. The summed E-state index contributed by atoms with van der Waals surface area (Å²) in [7, 11) is 6.85. The van der Waals surface area contributed by atoms with E-state index in [-0.39, 0.29) is 42.7 Å². The highest BCUT2D eigenvalue weighted by atomic mass is 19.1. The molecule has 1 saturated heterocycles. The van der Waals surface area contributed by atoms with E-state index < -0.39 is 47.7 Å². The normalized spacial score (nSPS) is 22.4. The quantitative estimate of drug-likeness (QED) is 0.0614. The van der Waals surface area contributed by atoms with Gasteiger partial charge in [0.15, 0.2) is 6.29 Å². The second kappa shape index (κ2) is 26.7. The third-order valence-electron chi connectivity index (χ3n) is 10.6. The maximum Gasteiger partial charge on any atom is 0.307 e. The molecule has 3 rings (SSSR count). The van der Waals surface area contributed by atoms with Crippen molar-refractivity contribution >= 4 is 23.7 Å². The van der Waals surface area contributed by atoms with Crippen molar-refractivity contribution in [3.63, 3.8) is 0 Å². The van der Waals surface area contributed by atoms with Gasteiger partial charge in [-0.25, -0.2) is 8.78 Å². The van der Waals surface area contributed by atoms with Crippen LogP contribution in [0.15, 0.2) is 58.7 Å². The summed E-state index contributed by atoms with van der Waals surface area (Å²) in [6, 6.07) is 11.2. The Kier molecular flexibility index (Phi) is 24.3. The Morgan fingerprint density at radius 2 is 1.58 bits per heavy atom. The molecule has 0 amide bonds. The molecular formula is C45H71F2N3O10. The Labute approximate surface area is 355 Å². The number of aliphatic hydroxyl groups is 3. The molecule has 60 heavy (non-hydrogen) atoms. The lowest BCUT2D eigenvalue weighted by Crippen LogP contribution is -2.57. The Morgan fingerprint density at radius 3 is 2.08 bits per heavy atom. The minimum absolute atomic E-state index is 0.0553. The fourth-order valence-corrected chi connectivity index (χ4v) is 6.72. The van der Waals surface area contributed by atoms with Crippen LogP contribution in [0.4, 0.5) is 8.78 Å². The summed E-state index contributed by atoms with van der Waals surface area (Å²) in [4.78, 5) is 23.6. The van der Waals surface area contributed by atoms with Crippen LogP contribution >= 0.6 is 0 Å². The van der Waals surface area contributed by atoms with Gasteiger partial charge in [-0.15, -0.1) is 0 Å². The van der Waals surface area contributed by atoms with Gasteiger partial charge in [-0.2, -0.15) is 10.2 Å². The molecule has 340 valence electrons. The molecule has 1 fully saturated rings.